The highest BCUT2D eigenvalue weighted by molar-refractivity contribution is 5.79. The van der Waals surface area contributed by atoms with E-state index in [1.807, 2.05) is 19.2 Å². The van der Waals surface area contributed by atoms with Gasteiger partial charge in [-0.1, -0.05) is 0 Å². The lowest BCUT2D eigenvalue weighted by molar-refractivity contribution is 0.177. The van der Waals surface area contributed by atoms with E-state index in [1.165, 1.54) is 0 Å². The van der Waals surface area contributed by atoms with Crippen molar-refractivity contribution in [2.45, 2.75) is 45.7 Å². The Bertz CT molecular complexity index is 916. The Hall–Kier alpha value is -2.80. The van der Waals surface area contributed by atoms with Gasteiger partial charge in [0.25, 0.3) is 0 Å². The monoisotopic (exact) mass is 378 g/mol. The molecule has 146 valence electrons. The van der Waals surface area contributed by atoms with E-state index in [0.29, 0.717) is 18.0 Å². The van der Waals surface area contributed by atoms with Crippen LogP contribution in [0.3, 0.4) is 0 Å². The van der Waals surface area contributed by atoms with Gasteiger partial charge < -0.3 is 14.6 Å². The first-order chi connectivity index (χ1) is 13.6. The molecule has 28 heavy (non-hydrogen) atoms. The standard InChI is InChI=1S/C21H26N6O/c1-14(2)27-9-4-16(5-10-27)25-21-24-12-18(19-13-22-7-8-23-19)20(26-21)17-6-11-28-15(17)3/h6-8,11-14,16H,4-5,9-10H2,1-3H3,(H,24,25,26). The molecule has 7 nitrogen and oxygen atoms in total. The Morgan fingerprint density at radius 2 is 1.93 bits per heavy atom. The molecule has 0 atom stereocenters. The van der Waals surface area contributed by atoms with Gasteiger partial charge in [-0.2, -0.15) is 0 Å². The van der Waals surface area contributed by atoms with Crippen LogP contribution in [-0.4, -0.2) is 50.0 Å². The molecule has 1 N–H and O–H groups in total. The number of aromatic nitrogens is 4. The van der Waals surface area contributed by atoms with Gasteiger partial charge in [-0.25, -0.2) is 9.97 Å². The van der Waals surface area contributed by atoms with Gasteiger partial charge in [-0.15, -0.1) is 0 Å². The first-order valence-corrected chi connectivity index (χ1v) is 9.80. The van der Waals surface area contributed by atoms with Crippen molar-refractivity contribution >= 4 is 5.95 Å². The average Bonchev–Trinajstić information content (AvgIpc) is 3.15. The van der Waals surface area contributed by atoms with E-state index in [-0.39, 0.29) is 0 Å². The summed E-state index contributed by atoms with van der Waals surface area (Å²) in [5, 5.41) is 3.53. The van der Waals surface area contributed by atoms with Crippen molar-refractivity contribution in [2.24, 2.45) is 0 Å². The molecule has 1 aliphatic heterocycles. The molecule has 4 rings (SSSR count). The summed E-state index contributed by atoms with van der Waals surface area (Å²) >= 11 is 0. The molecule has 0 saturated carbocycles. The van der Waals surface area contributed by atoms with E-state index in [1.54, 1.807) is 24.9 Å². The van der Waals surface area contributed by atoms with E-state index >= 15 is 0 Å². The topological polar surface area (TPSA) is 80.0 Å². The summed E-state index contributed by atoms with van der Waals surface area (Å²) in [5.41, 5.74) is 3.34. The Kier molecular flexibility index (Phi) is 5.34. The number of piperidine rings is 1. The van der Waals surface area contributed by atoms with Crippen LogP contribution in [0.15, 0.2) is 41.5 Å². The normalized spacial score (nSPS) is 15.9. The molecule has 0 amide bonds. The lowest BCUT2D eigenvalue weighted by Crippen LogP contribution is -2.42. The Morgan fingerprint density at radius 1 is 1.11 bits per heavy atom. The van der Waals surface area contributed by atoms with Crippen molar-refractivity contribution in [3.05, 3.63) is 42.9 Å². The Labute approximate surface area is 165 Å². The van der Waals surface area contributed by atoms with Gasteiger partial charge in [0.05, 0.1) is 23.8 Å². The van der Waals surface area contributed by atoms with Crippen LogP contribution in [0.4, 0.5) is 5.95 Å². The summed E-state index contributed by atoms with van der Waals surface area (Å²) in [5.74, 6) is 1.46. The number of nitrogens with zero attached hydrogens (tertiary/aromatic N) is 5. The molecule has 3 aromatic rings. The molecular weight excluding hydrogens is 352 g/mol. The largest absolute Gasteiger partial charge is 0.469 e. The number of anilines is 1. The fraction of sp³-hybridized carbons (Fsp3) is 0.429. The maximum atomic E-state index is 5.51. The quantitative estimate of drug-likeness (QED) is 0.723. The molecule has 0 spiro atoms. The van der Waals surface area contributed by atoms with Crippen molar-refractivity contribution in [1.29, 1.82) is 0 Å². The van der Waals surface area contributed by atoms with E-state index in [2.05, 4.69) is 39.0 Å². The van der Waals surface area contributed by atoms with Crippen molar-refractivity contribution in [3.63, 3.8) is 0 Å². The number of likely N-dealkylation sites (tertiary alicyclic amines) is 1. The minimum Gasteiger partial charge on any atom is -0.469 e. The number of hydrogen-bond donors (Lipinski definition) is 1. The summed E-state index contributed by atoms with van der Waals surface area (Å²) in [6, 6.07) is 2.91. The van der Waals surface area contributed by atoms with E-state index < -0.39 is 0 Å². The molecular formula is C21H26N6O. The maximum absolute atomic E-state index is 5.51. The number of furan rings is 1. The highest BCUT2D eigenvalue weighted by atomic mass is 16.3. The fourth-order valence-electron chi connectivity index (χ4n) is 3.66. The fourth-order valence-corrected chi connectivity index (χ4v) is 3.66. The van der Waals surface area contributed by atoms with Gasteiger partial charge in [0.15, 0.2) is 0 Å². The zero-order valence-electron chi connectivity index (χ0n) is 16.6. The first-order valence-electron chi connectivity index (χ1n) is 9.80. The summed E-state index contributed by atoms with van der Waals surface area (Å²) in [7, 11) is 0. The number of nitrogens with one attached hydrogen (secondary N) is 1. The molecule has 0 bridgehead atoms. The van der Waals surface area contributed by atoms with Crippen LogP contribution in [0, 0.1) is 6.92 Å². The molecule has 0 radical (unpaired) electrons. The van der Waals surface area contributed by atoms with Crippen molar-refractivity contribution in [1.82, 2.24) is 24.8 Å². The molecule has 7 heteroatoms. The highest BCUT2D eigenvalue weighted by Gasteiger charge is 2.22. The van der Waals surface area contributed by atoms with Gasteiger partial charge >= 0.3 is 0 Å². The second kappa shape index (κ2) is 8.06. The molecule has 3 aromatic heterocycles. The second-order valence-electron chi connectivity index (χ2n) is 7.49. The van der Waals surface area contributed by atoms with Gasteiger partial charge in [0.2, 0.25) is 5.95 Å². The SMILES string of the molecule is Cc1occc1-c1nc(NC2CCN(C(C)C)CC2)ncc1-c1cnccn1. The molecule has 1 fully saturated rings. The lowest BCUT2D eigenvalue weighted by Gasteiger charge is -2.34. The zero-order chi connectivity index (χ0) is 19.5. The van der Waals surface area contributed by atoms with Crippen LogP contribution in [-0.2, 0) is 0 Å². The van der Waals surface area contributed by atoms with Crippen LogP contribution in [0.2, 0.25) is 0 Å². The Morgan fingerprint density at radius 3 is 2.57 bits per heavy atom. The zero-order valence-corrected chi connectivity index (χ0v) is 16.6. The van der Waals surface area contributed by atoms with Crippen LogP contribution in [0.1, 0.15) is 32.4 Å². The minimum atomic E-state index is 0.385. The summed E-state index contributed by atoms with van der Waals surface area (Å²) in [4.78, 5) is 20.5. The third kappa shape index (κ3) is 3.89. The maximum Gasteiger partial charge on any atom is 0.223 e. The lowest BCUT2D eigenvalue weighted by atomic mass is 10.0. The minimum absolute atomic E-state index is 0.385. The average molecular weight is 378 g/mol. The van der Waals surface area contributed by atoms with Gasteiger partial charge in [0.1, 0.15) is 5.76 Å². The number of aryl methyl sites for hydroxylation is 1. The molecule has 1 aliphatic rings. The Balaban J connectivity index is 1.61. The van der Waals surface area contributed by atoms with Crippen LogP contribution in [0.25, 0.3) is 22.5 Å². The summed E-state index contributed by atoms with van der Waals surface area (Å²) in [6.45, 7) is 8.64. The van der Waals surface area contributed by atoms with Gasteiger partial charge in [-0.05, 0) is 39.7 Å². The van der Waals surface area contributed by atoms with Crippen molar-refractivity contribution < 1.29 is 4.42 Å². The van der Waals surface area contributed by atoms with Crippen LogP contribution >= 0.6 is 0 Å². The van der Waals surface area contributed by atoms with E-state index in [9.17, 15) is 0 Å². The first kappa shape index (κ1) is 18.6. The van der Waals surface area contributed by atoms with Gasteiger partial charge in [-0.3, -0.25) is 9.97 Å². The molecule has 4 heterocycles. The molecule has 0 aliphatic carbocycles. The summed E-state index contributed by atoms with van der Waals surface area (Å²) < 4.78 is 5.51. The number of hydrogen-bond acceptors (Lipinski definition) is 7. The summed E-state index contributed by atoms with van der Waals surface area (Å²) in [6.07, 6.45) is 10.8. The third-order valence-electron chi connectivity index (χ3n) is 5.33. The third-order valence-corrected chi connectivity index (χ3v) is 5.33. The van der Waals surface area contributed by atoms with Crippen molar-refractivity contribution in [2.75, 3.05) is 18.4 Å². The smallest absolute Gasteiger partial charge is 0.223 e. The highest BCUT2D eigenvalue weighted by Crippen LogP contribution is 2.32. The second-order valence-corrected chi connectivity index (χ2v) is 7.49. The predicted molar refractivity (Wildman–Crippen MR) is 109 cm³/mol. The molecule has 1 saturated heterocycles. The predicted octanol–water partition coefficient (Wildman–Crippen LogP) is 3.79. The van der Waals surface area contributed by atoms with E-state index in [0.717, 1.165) is 54.2 Å². The van der Waals surface area contributed by atoms with Crippen LogP contribution < -0.4 is 5.32 Å². The molecule has 0 unspecified atom stereocenters. The van der Waals surface area contributed by atoms with Gasteiger partial charge in [0, 0.05) is 54.9 Å². The number of rotatable bonds is 5. The van der Waals surface area contributed by atoms with E-state index in [4.69, 9.17) is 9.40 Å². The molecule has 0 aromatic carbocycles. The van der Waals surface area contributed by atoms with Crippen molar-refractivity contribution in [3.8, 4) is 22.5 Å². The van der Waals surface area contributed by atoms with Crippen LogP contribution in [0.5, 0.6) is 0 Å².